The molecule has 6 nitrogen and oxygen atoms in total. The lowest BCUT2D eigenvalue weighted by molar-refractivity contribution is -0.153. The van der Waals surface area contributed by atoms with Crippen LogP contribution in [0.5, 0.6) is 5.75 Å². The highest BCUT2D eigenvalue weighted by Gasteiger charge is 2.29. The van der Waals surface area contributed by atoms with Crippen LogP contribution >= 0.6 is 35.6 Å². The Morgan fingerprint density at radius 1 is 1.29 bits per heavy atom. The van der Waals surface area contributed by atoms with E-state index in [4.69, 9.17) is 16.3 Å². The Kier molecular flexibility index (Phi) is 9.48. The van der Waals surface area contributed by atoms with E-state index in [0.717, 1.165) is 18.8 Å². The van der Waals surface area contributed by atoms with Crippen LogP contribution in [-0.2, 0) is 6.54 Å². The van der Waals surface area contributed by atoms with Gasteiger partial charge in [0, 0.05) is 44.5 Å². The number of guanidine groups is 1. The Morgan fingerprint density at radius 2 is 2.06 bits per heavy atom. The number of rotatable bonds is 6. The molecule has 1 fully saturated rings. The number of para-hydroxylation sites is 1. The van der Waals surface area contributed by atoms with Crippen LogP contribution in [0.1, 0.15) is 12.0 Å². The van der Waals surface area contributed by atoms with Crippen molar-refractivity contribution in [3.8, 4) is 5.75 Å². The average molecular weight is 570 g/mol. The fraction of sp³-hybridized carbons (Fsp3) is 0.400. The SMILES string of the molecule is CN=C(NCc1ccccc1OCC(F)(F)F)NC1CCN(c2ncccc2Cl)C1.I. The summed E-state index contributed by atoms with van der Waals surface area (Å²) < 4.78 is 42.3. The molecule has 0 amide bonds. The zero-order valence-electron chi connectivity index (χ0n) is 16.8. The Bertz CT molecular complexity index is 884. The van der Waals surface area contributed by atoms with Crippen LogP contribution in [-0.4, -0.2) is 49.9 Å². The van der Waals surface area contributed by atoms with Crippen molar-refractivity contribution in [3.63, 3.8) is 0 Å². The first kappa shape index (κ1) is 25.3. The van der Waals surface area contributed by atoms with Crippen molar-refractivity contribution < 1.29 is 17.9 Å². The van der Waals surface area contributed by atoms with Crippen LogP contribution < -0.4 is 20.3 Å². The standard InChI is InChI=1S/C20H23ClF3N5O.HI/c1-25-19(27-11-14-5-2-3-7-17(14)30-13-20(22,23)24)28-15-8-10-29(12-15)18-16(21)6-4-9-26-18;/h2-7,9,15H,8,10-13H2,1H3,(H2,25,27,28);1H. The van der Waals surface area contributed by atoms with Gasteiger partial charge in [-0.2, -0.15) is 13.2 Å². The van der Waals surface area contributed by atoms with Crippen LogP contribution in [0.2, 0.25) is 5.02 Å². The topological polar surface area (TPSA) is 61.8 Å². The number of pyridine rings is 1. The summed E-state index contributed by atoms with van der Waals surface area (Å²) in [4.78, 5) is 10.7. The third kappa shape index (κ3) is 7.60. The summed E-state index contributed by atoms with van der Waals surface area (Å²) in [6, 6.07) is 10.3. The molecular formula is C20H24ClF3IN5O. The lowest BCUT2D eigenvalue weighted by atomic mass is 10.2. The van der Waals surface area contributed by atoms with Crippen LogP contribution in [0.4, 0.5) is 19.0 Å². The number of anilines is 1. The number of hydrogen-bond acceptors (Lipinski definition) is 4. The van der Waals surface area contributed by atoms with Crippen molar-refractivity contribution in [1.82, 2.24) is 15.6 Å². The first-order valence-corrected chi connectivity index (χ1v) is 9.83. The zero-order valence-corrected chi connectivity index (χ0v) is 19.9. The lowest BCUT2D eigenvalue weighted by Crippen LogP contribution is -2.44. The van der Waals surface area contributed by atoms with E-state index in [0.29, 0.717) is 23.1 Å². The van der Waals surface area contributed by atoms with Gasteiger partial charge in [-0.1, -0.05) is 29.8 Å². The maximum Gasteiger partial charge on any atom is 0.422 e. The van der Waals surface area contributed by atoms with Gasteiger partial charge >= 0.3 is 6.18 Å². The van der Waals surface area contributed by atoms with Crippen molar-refractivity contribution in [1.29, 1.82) is 0 Å². The van der Waals surface area contributed by atoms with Gasteiger partial charge in [0.2, 0.25) is 0 Å². The molecule has 1 aliphatic rings. The summed E-state index contributed by atoms with van der Waals surface area (Å²) in [7, 11) is 1.64. The molecule has 3 rings (SSSR count). The third-order valence-corrected chi connectivity index (χ3v) is 4.90. The molecule has 2 aromatic rings. The molecule has 1 unspecified atom stereocenters. The molecule has 1 atom stereocenters. The summed E-state index contributed by atoms with van der Waals surface area (Å²) >= 11 is 6.23. The minimum absolute atomic E-state index is 0. The van der Waals surface area contributed by atoms with Gasteiger partial charge in [0.05, 0.1) is 5.02 Å². The quantitative estimate of drug-likeness (QED) is 0.310. The summed E-state index contributed by atoms with van der Waals surface area (Å²) in [6.45, 7) is 0.462. The van der Waals surface area contributed by atoms with Gasteiger partial charge < -0.3 is 20.3 Å². The fourth-order valence-electron chi connectivity index (χ4n) is 3.20. The minimum Gasteiger partial charge on any atom is -0.484 e. The molecule has 1 aromatic carbocycles. The van der Waals surface area contributed by atoms with Crippen LogP contribution in [0.15, 0.2) is 47.6 Å². The number of ether oxygens (including phenoxy) is 1. The van der Waals surface area contributed by atoms with Crippen molar-refractivity contribution in [2.45, 2.75) is 25.2 Å². The Labute approximate surface area is 201 Å². The molecular weight excluding hydrogens is 546 g/mol. The molecule has 0 bridgehead atoms. The molecule has 0 radical (unpaired) electrons. The van der Waals surface area contributed by atoms with Crippen LogP contribution in [0.25, 0.3) is 0 Å². The predicted molar refractivity (Wildman–Crippen MR) is 127 cm³/mol. The Morgan fingerprint density at radius 3 is 2.77 bits per heavy atom. The lowest BCUT2D eigenvalue weighted by Gasteiger charge is -2.20. The molecule has 2 heterocycles. The number of hydrogen-bond donors (Lipinski definition) is 2. The number of nitrogens with zero attached hydrogens (tertiary/aromatic N) is 3. The van der Waals surface area contributed by atoms with Crippen molar-refractivity contribution in [2.75, 3.05) is 31.6 Å². The average Bonchev–Trinajstić information content (AvgIpc) is 3.18. The van der Waals surface area contributed by atoms with Gasteiger partial charge in [-0.3, -0.25) is 4.99 Å². The molecule has 1 aliphatic heterocycles. The van der Waals surface area contributed by atoms with E-state index in [1.165, 1.54) is 6.07 Å². The van der Waals surface area contributed by atoms with E-state index in [1.54, 1.807) is 37.5 Å². The molecule has 31 heavy (non-hydrogen) atoms. The van der Waals surface area contributed by atoms with Gasteiger partial charge in [-0.15, -0.1) is 24.0 Å². The second-order valence-corrected chi connectivity index (χ2v) is 7.23. The van der Waals surface area contributed by atoms with E-state index in [9.17, 15) is 13.2 Å². The van der Waals surface area contributed by atoms with Gasteiger partial charge in [0.15, 0.2) is 12.6 Å². The second-order valence-electron chi connectivity index (χ2n) is 6.82. The molecule has 1 saturated heterocycles. The highest BCUT2D eigenvalue weighted by Crippen LogP contribution is 2.26. The second kappa shape index (κ2) is 11.6. The first-order valence-electron chi connectivity index (χ1n) is 9.46. The molecule has 2 N–H and O–H groups in total. The number of aromatic nitrogens is 1. The molecule has 0 spiro atoms. The number of benzene rings is 1. The Hall–Kier alpha value is -1.95. The van der Waals surface area contributed by atoms with Gasteiger partial charge in [-0.25, -0.2) is 4.98 Å². The zero-order chi connectivity index (χ0) is 21.6. The summed E-state index contributed by atoms with van der Waals surface area (Å²) in [6.07, 6.45) is -1.80. The van der Waals surface area contributed by atoms with Crippen LogP contribution in [0.3, 0.4) is 0 Å². The predicted octanol–water partition coefficient (Wildman–Crippen LogP) is 4.24. The summed E-state index contributed by atoms with van der Waals surface area (Å²) in [5.74, 6) is 1.50. The molecule has 0 aliphatic carbocycles. The largest absolute Gasteiger partial charge is 0.484 e. The van der Waals surface area contributed by atoms with E-state index in [1.807, 2.05) is 6.07 Å². The maximum atomic E-state index is 12.5. The number of halogens is 5. The van der Waals surface area contributed by atoms with E-state index in [-0.39, 0.29) is 42.3 Å². The number of alkyl halides is 3. The van der Waals surface area contributed by atoms with Crippen molar-refractivity contribution >= 4 is 47.4 Å². The van der Waals surface area contributed by atoms with E-state index < -0.39 is 12.8 Å². The number of aliphatic imine (C=N–C) groups is 1. The van der Waals surface area contributed by atoms with Crippen molar-refractivity contribution in [3.05, 3.63) is 53.2 Å². The molecule has 0 saturated carbocycles. The fourth-order valence-corrected chi connectivity index (χ4v) is 3.44. The molecule has 11 heteroatoms. The smallest absolute Gasteiger partial charge is 0.422 e. The number of nitrogens with one attached hydrogen (secondary N) is 2. The van der Waals surface area contributed by atoms with E-state index in [2.05, 4.69) is 25.5 Å². The summed E-state index contributed by atoms with van der Waals surface area (Å²) in [5, 5.41) is 7.08. The van der Waals surface area contributed by atoms with E-state index >= 15 is 0 Å². The van der Waals surface area contributed by atoms with Gasteiger partial charge in [0.1, 0.15) is 11.6 Å². The van der Waals surface area contributed by atoms with Crippen molar-refractivity contribution in [2.24, 2.45) is 4.99 Å². The van der Waals surface area contributed by atoms with Gasteiger partial charge in [0.25, 0.3) is 0 Å². The molecule has 1 aromatic heterocycles. The monoisotopic (exact) mass is 569 g/mol. The first-order chi connectivity index (χ1) is 14.4. The normalized spacial score (nSPS) is 16.6. The highest BCUT2D eigenvalue weighted by atomic mass is 127. The summed E-state index contributed by atoms with van der Waals surface area (Å²) in [5.41, 5.74) is 0.609. The Balaban J connectivity index is 0.00000341. The molecule has 170 valence electrons. The van der Waals surface area contributed by atoms with Gasteiger partial charge in [-0.05, 0) is 24.6 Å². The highest BCUT2D eigenvalue weighted by molar-refractivity contribution is 14.0. The maximum absolute atomic E-state index is 12.5. The van der Waals surface area contributed by atoms with Crippen LogP contribution in [0, 0.1) is 0 Å². The third-order valence-electron chi connectivity index (χ3n) is 4.60. The minimum atomic E-state index is -4.39.